The zero-order chi connectivity index (χ0) is 19.9. The number of hydrogen-bond acceptors (Lipinski definition) is 6. The van der Waals surface area contributed by atoms with Gasteiger partial charge in [0.05, 0.1) is 11.9 Å². The molecule has 0 aliphatic carbocycles. The monoisotopic (exact) mass is 381 g/mol. The van der Waals surface area contributed by atoms with Crippen molar-refractivity contribution in [3.8, 4) is 23.1 Å². The first kappa shape index (κ1) is 18.7. The van der Waals surface area contributed by atoms with Gasteiger partial charge in [0.25, 0.3) is 5.56 Å². The molecule has 2 aromatic carbocycles. The van der Waals surface area contributed by atoms with E-state index < -0.39 is 12.2 Å². The van der Waals surface area contributed by atoms with E-state index in [-0.39, 0.29) is 23.0 Å². The van der Waals surface area contributed by atoms with Crippen molar-refractivity contribution in [2.45, 2.75) is 6.61 Å². The number of benzene rings is 2. The van der Waals surface area contributed by atoms with E-state index in [0.717, 1.165) is 0 Å². The molecule has 0 amide bonds. The van der Waals surface area contributed by atoms with Gasteiger partial charge in [0, 0.05) is 5.56 Å². The molecule has 140 valence electrons. The summed E-state index contributed by atoms with van der Waals surface area (Å²) in [5.74, 6) is 0.0856. The van der Waals surface area contributed by atoms with E-state index in [1.807, 2.05) is 12.1 Å². The van der Waals surface area contributed by atoms with Crippen LogP contribution in [0.4, 0.5) is 14.7 Å². The lowest BCUT2D eigenvalue weighted by molar-refractivity contribution is -0.0498. The summed E-state index contributed by atoms with van der Waals surface area (Å²) in [4.78, 5) is 18.8. The average Bonchev–Trinajstić information content (AvgIpc) is 2.69. The van der Waals surface area contributed by atoms with Crippen LogP contribution in [0.5, 0.6) is 5.75 Å². The zero-order valence-electron chi connectivity index (χ0n) is 14.3. The molecule has 3 rings (SSSR count). The van der Waals surface area contributed by atoms with Crippen LogP contribution in [0.25, 0.3) is 11.3 Å². The van der Waals surface area contributed by atoms with Crippen LogP contribution in [0.3, 0.4) is 0 Å². The third-order valence-corrected chi connectivity index (χ3v) is 3.57. The van der Waals surface area contributed by atoms with Gasteiger partial charge in [-0.1, -0.05) is 30.3 Å². The maximum absolute atomic E-state index is 12.1. The van der Waals surface area contributed by atoms with E-state index in [1.54, 1.807) is 24.3 Å². The fraction of sp³-hybridized carbons (Fsp3) is 0.0526. The van der Waals surface area contributed by atoms with E-state index in [9.17, 15) is 18.8 Å². The van der Waals surface area contributed by atoms with E-state index in [1.165, 1.54) is 30.5 Å². The Bertz CT molecular complexity index is 1070. The summed E-state index contributed by atoms with van der Waals surface area (Å²) in [6, 6.07) is 16.5. The van der Waals surface area contributed by atoms with Gasteiger partial charge in [-0.25, -0.2) is 10.4 Å². The summed E-state index contributed by atoms with van der Waals surface area (Å²) in [5.41, 5.74) is 3.34. The minimum Gasteiger partial charge on any atom is -0.435 e. The van der Waals surface area contributed by atoms with Crippen molar-refractivity contribution in [3.63, 3.8) is 0 Å². The lowest BCUT2D eigenvalue weighted by Gasteiger charge is -2.06. The lowest BCUT2D eigenvalue weighted by Crippen LogP contribution is -2.16. The smallest absolute Gasteiger partial charge is 0.387 e. The molecule has 0 aliphatic heterocycles. The Labute approximate surface area is 157 Å². The van der Waals surface area contributed by atoms with Crippen LogP contribution >= 0.6 is 0 Å². The van der Waals surface area contributed by atoms with Gasteiger partial charge in [0.2, 0.25) is 5.95 Å². The summed E-state index contributed by atoms with van der Waals surface area (Å²) in [7, 11) is 0. The second-order valence-corrected chi connectivity index (χ2v) is 5.43. The van der Waals surface area contributed by atoms with Crippen molar-refractivity contribution in [2.24, 2.45) is 5.10 Å². The highest BCUT2D eigenvalue weighted by atomic mass is 19.3. The molecule has 0 spiro atoms. The van der Waals surface area contributed by atoms with Crippen molar-refractivity contribution < 1.29 is 13.5 Å². The number of nitrogens with zero attached hydrogens (tertiary/aromatic N) is 3. The molecule has 1 aromatic heterocycles. The number of aromatic amines is 1. The predicted octanol–water partition coefficient (Wildman–Crippen LogP) is 3.36. The van der Waals surface area contributed by atoms with Crippen LogP contribution in [-0.2, 0) is 0 Å². The standard InChI is InChI=1S/C19H13F2N5O2/c20-18(21)28-14-8-6-12(7-9-14)11-23-26-19-24-16(13-4-2-1-3-5-13)15(10-22)17(27)25-19/h1-9,11,18H,(H2,24,25,26,27). The van der Waals surface area contributed by atoms with Gasteiger partial charge in [-0.15, -0.1) is 0 Å². The number of ether oxygens (including phenoxy) is 1. The molecule has 0 bridgehead atoms. The van der Waals surface area contributed by atoms with Crippen molar-refractivity contribution in [1.29, 1.82) is 5.26 Å². The number of alkyl halides is 2. The SMILES string of the molecule is N#Cc1c(-c2ccccc2)nc(NN=Cc2ccc(OC(F)F)cc2)[nH]c1=O. The third kappa shape index (κ3) is 4.56. The number of nitriles is 1. The number of nitrogens with one attached hydrogen (secondary N) is 2. The van der Waals surface area contributed by atoms with Crippen LogP contribution in [-0.4, -0.2) is 22.8 Å². The van der Waals surface area contributed by atoms with E-state index in [0.29, 0.717) is 11.1 Å². The largest absolute Gasteiger partial charge is 0.435 e. The highest BCUT2D eigenvalue weighted by Crippen LogP contribution is 2.19. The Morgan fingerprint density at radius 3 is 2.54 bits per heavy atom. The van der Waals surface area contributed by atoms with Crippen LogP contribution in [0.1, 0.15) is 11.1 Å². The van der Waals surface area contributed by atoms with Crippen LogP contribution in [0.2, 0.25) is 0 Å². The Morgan fingerprint density at radius 1 is 1.18 bits per heavy atom. The number of hydrogen-bond donors (Lipinski definition) is 2. The summed E-state index contributed by atoms with van der Waals surface area (Å²) in [6.07, 6.45) is 1.41. The topological polar surface area (TPSA) is 103 Å². The highest BCUT2D eigenvalue weighted by Gasteiger charge is 2.12. The first-order valence-electron chi connectivity index (χ1n) is 8.00. The number of rotatable bonds is 6. The Morgan fingerprint density at radius 2 is 1.89 bits per heavy atom. The van der Waals surface area contributed by atoms with E-state index in [4.69, 9.17) is 0 Å². The van der Waals surface area contributed by atoms with Crippen molar-refractivity contribution >= 4 is 12.2 Å². The fourth-order valence-corrected chi connectivity index (χ4v) is 2.34. The molecule has 7 nitrogen and oxygen atoms in total. The molecule has 0 saturated carbocycles. The molecule has 9 heteroatoms. The normalized spacial score (nSPS) is 10.8. The quantitative estimate of drug-likeness (QED) is 0.503. The molecule has 2 N–H and O–H groups in total. The lowest BCUT2D eigenvalue weighted by atomic mass is 10.1. The number of hydrazone groups is 1. The van der Waals surface area contributed by atoms with Crippen molar-refractivity contribution in [3.05, 3.63) is 76.1 Å². The fourth-order valence-electron chi connectivity index (χ4n) is 2.34. The second kappa shape index (κ2) is 8.55. The van der Waals surface area contributed by atoms with Gasteiger partial charge in [0.1, 0.15) is 17.4 Å². The van der Waals surface area contributed by atoms with Gasteiger partial charge in [-0.3, -0.25) is 9.78 Å². The minimum absolute atomic E-state index is 0.0331. The molecular formula is C19H13F2N5O2. The summed E-state index contributed by atoms with van der Waals surface area (Å²) >= 11 is 0. The Hall–Kier alpha value is -4.06. The molecule has 0 aliphatic rings. The number of aromatic nitrogens is 2. The molecule has 0 atom stereocenters. The first-order valence-corrected chi connectivity index (χ1v) is 8.00. The zero-order valence-corrected chi connectivity index (χ0v) is 14.3. The molecule has 0 fully saturated rings. The molecule has 28 heavy (non-hydrogen) atoms. The highest BCUT2D eigenvalue weighted by molar-refractivity contribution is 5.80. The Kier molecular flexibility index (Phi) is 5.72. The summed E-state index contributed by atoms with van der Waals surface area (Å²) in [6.45, 7) is -2.89. The van der Waals surface area contributed by atoms with Crippen molar-refractivity contribution in [1.82, 2.24) is 9.97 Å². The third-order valence-electron chi connectivity index (χ3n) is 3.57. The van der Waals surface area contributed by atoms with Gasteiger partial charge >= 0.3 is 6.61 Å². The van der Waals surface area contributed by atoms with Crippen LogP contribution in [0.15, 0.2) is 64.5 Å². The minimum atomic E-state index is -2.89. The van der Waals surface area contributed by atoms with Gasteiger partial charge in [-0.05, 0) is 29.8 Å². The van der Waals surface area contributed by atoms with Gasteiger partial charge in [-0.2, -0.15) is 19.1 Å². The van der Waals surface area contributed by atoms with E-state index in [2.05, 4.69) is 25.2 Å². The molecule has 0 unspecified atom stereocenters. The predicted molar refractivity (Wildman–Crippen MR) is 99.3 cm³/mol. The Balaban J connectivity index is 1.79. The first-order chi connectivity index (χ1) is 13.6. The second-order valence-electron chi connectivity index (χ2n) is 5.43. The van der Waals surface area contributed by atoms with Gasteiger partial charge < -0.3 is 4.74 Å². The number of anilines is 1. The number of halogens is 2. The summed E-state index contributed by atoms with van der Waals surface area (Å²) < 4.78 is 28.5. The van der Waals surface area contributed by atoms with Gasteiger partial charge in [0.15, 0.2) is 0 Å². The van der Waals surface area contributed by atoms with E-state index >= 15 is 0 Å². The van der Waals surface area contributed by atoms with Crippen LogP contribution < -0.4 is 15.7 Å². The molecule has 1 heterocycles. The number of H-pyrrole nitrogens is 1. The van der Waals surface area contributed by atoms with Crippen LogP contribution in [0, 0.1) is 11.3 Å². The molecule has 0 radical (unpaired) electrons. The molecular weight excluding hydrogens is 368 g/mol. The van der Waals surface area contributed by atoms with Crippen molar-refractivity contribution in [2.75, 3.05) is 5.43 Å². The maximum atomic E-state index is 12.1. The molecule has 0 saturated heterocycles. The summed E-state index contributed by atoms with van der Waals surface area (Å²) in [5, 5.41) is 13.2. The average molecular weight is 381 g/mol. The maximum Gasteiger partial charge on any atom is 0.387 e. The molecule has 3 aromatic rings.